The molecule has 23 heavy (non-hydrogen) atoms. The van der Waals surface area contributed by atoms with Crippen LogP contribution in [0.1, 0.15) is 103 Å². The molecule has 0 aliphatic carbocycles. The highest BCUT2D eigenvalue weighted by atomic mass is 35.8. The molecule has 0 bridgehead atoms. The van der Waals surface area contributed by atoms with Crippen LogP contribution in [0, 0.1) is 0 Å². The van der Waals surface area contributed by atoms with Gasteiger partial charge in [-0.3, -0.25) is 0 Å². The van der Waals surface area contributed by atoms with Crippen LogP contribution in [0.4, 0.5) is 0 Å². The van der Waals surface area contributed by atoms with Crippen molar-refractivity contribution in [3.05, 3.63) is 0 Å². The molecule has 0 heterocycles. The van der Waals surface area contributed by atoms with Crippen molar-refractivity contribution in [1.29, 1.82) is 0 Å². The van der Waals surface area contributed by atoms with Crippen LogP contribution in [0.3, 0.4) is 0 Å². The maximum Gasteiger partial charge on any atom is 0.341 e. The number of hydrogen-bond donors (Lipinski definition) is 0. The maximum absolute atomic E-state index is 5.87. The van der Waals surface area contributed by atoms with E-state index in [-0.39, 0.29) is 0 Å². The molecule has 0 aliphatic heterocycles. The van der Waals surface area contributed by atoms with Gasteiger partial charge in [-0.15, -0.1) is 44.8 Å². The molecule has 0 unspecified atom stereocenters. The Labute approximate surface area is 165 Å². The summed E-state index contributed by atoms with van der Waals surface area (Å²) in [4.78, 5) is 0. The molecule has 0 aromatic heterocycles. The van der Waals surface area contributed by atoms with E-state index >= 15 is 0 Å². The first-order valence-electron chi connectivity index (χ1n) is 9.69. The normalized spacial score (nSPS) is 12.0. The van der Waals surface area contributed by atoms with Crippen LogP contribution in [0.2, 0.25) is 6.04 Å². The fourth-order valence-corrected chi connectivity index (χ4v) is 4.94. The van der Waals surface area contributed by atoms with Crippen molar-refractivity contribution in [3.63, 3.8) is 0 Å². The fourth-order valence-electron chi connectivity index (χ4n) is 2.89. The van der Waals surface area contributed by atoms with Crippen molar-refractivity contribution in [2.24, 2.45) is 0 Å². The molecule has 5 heteroatoms. The van der Waals surface area contributed by atoms with Crippen LogP contribution >= 0.6 is 44.8 Å². The molecule has 0 radical (unpaired) electrons. The summed E-state index contributed by atoms with van der Waals surface area (Å²) in [6, 6.07) is -1.53. The topological polar surface area (TPSA) is 0 Å². The highest BCUT2D eigenvalue weighted by Crippen LogP contribution is 2.27. The summed E-state index contributed by atoms with van der Waals surface area (Å²) in [6.07, 6.45) is 21.6. The van der Waals surface area contributed by atoms with E-state index in [4.69, 9.17) is 44.8 Å². The quantitative estimate of drug-likeness (QED) is 0.0894. The van der Waals surface area contributed by atoms with E-state index in [1.807, 2.05) is 0 Å². The molecule has 0 saturated carbocycles. The first-order chi connectivity index (χ1) is 11.1. The van der Waals surface area contributed by atoms with Gasteiger partial charge in [-0.2, -0.15) is 0 Å². The molecule has 140 valence electrons. The SMILES string of the molecule is ClCCCCCCCCCCCCCCCCCC[Si](Cl)(Cl)Cl. The number of hydrogen-bond acceptors (Lipinski definition) is 0. The predicted molar refractivity (Wildman–Crippen MR) is 113 cm³/mol. The Morgan fingerprint density at radius 1 is 0.391 bits per heavy atom. The summed E-state index contributed by atoms with van der Waals surface area (Å²) in [5.74, 6) is 0.830. The average Bonchev–Trinajstić information content (AvgIpc) is 2.49. The maximum atomic E-state index is 5.87. The summed E-state index contributed by atoms with van der Waals surface area (Å²) in [6.45, 7) is 0. The number of rotatable bonds is 18. The fraction of sp³-hybridized carbons (Fsp3) is 1.00. The van der Waals surface area contributed by atoms with Gasteiger partial charge in [0.25, 0.3) is 0 Å². The Morgan fingerprint density at radius 3 is 0.913 bits per heavy atom. The van der Waals surface area contributed by atoms with Crippen LogP contribution in [0.5, 0.6) is 0 Å². The van der Waals surface area contributed by atoms with Crippen LogP contribution < -0.4 is 0 Å². The second kappa shape index (κ2) is 18.2. The van der Waals surface area contributed by atoms with Crippen molar-refractivity contribution >= 4 is 50.8 Å². The minimum atomic E-state index is -2.35. The van der Waals surface area contributed by atoms with E-state index in [0.29, 0.717) is 0 Å². The largest absolute Gasteiger partial charge is 0.341 e. The average molecular weight is 422 g/mol. The zero-order valence-corrected chi connectivity index (χ0v) is 18.8. The molecule has 0 rings (SSSR count). The first-order valence-corrected chi connectivity index (χ1v) is 15.5. The summed E-state index contributed by atoms with van der Waals surface area (Å²) in [7, 11) is 0. The summed E-state index contributed by atoms with van der Waals surface area (Å²) in [5, 5.41) is 0. The highest BCUT2D eigenvalue weighted by Gasteiger charge is 2.23. The molecule has 0 nitrogen and oxygen atoms in total. The minimum Gasteiger partial charge on any atom is -0.127 e. The molecule has 0 aliphatic rings. The van der Waals surface area contributed by atoms with Gasteiger partial charge in [0, 0.05) is 5.88 Å². The molecular formula is C18H36Cl4Si. The number of unbranched alkanes of at least 4 members (excludes halogenated alkanes) is 15. The van der Waals surface area contributed by atoms with Crippen molar-refractivity contribution < 1.29 is 0 Å². The first kappa shape index (κ1) is 24.4. The highest BCUT2D eigenvalue weighted by molar-refractivity contribution is 7.64. The van der Waals surface area contributed by atoms with E-state index in [1.54, 1.807) is 0 Å². The monoisotopic (exact) mass is 420 g/mol. The predicted octanol–water partition coefficient (Wildman–Crippen LogP) is 9.12. The summed E-state index contributed by atoms with van der Waals surface area (Å²) >= 11 is 23.3. The summed E-state index contributed by atoms with van der Waals surface area (Å²) in [5.41, 5.74) is 0. The van der Waals surface area contributed by atoms with Crippen molar-refractivity contribution in [2.75, 3.05) is 5.88 Å². The number of halogens is 4. The Bertz CT molecular complexity index is 232. The number of alkyl halides is 1. The molecule has 0 fully saturated rings. The molecule has 0 amide bonds. The molecule has 0 spiro atoms. The van der Waals surface area contributed by atoms with Gasteiger partial charge >= 0.3 is 6.00 Å². The molecule has 0 aromatic rings. The van der Waals surface area contributed by atoms with Crippen LogP contribution in [-0.4, -0.2) is 11.9 Å². The van der Waals surface area contributed by atoms with Gasteiger partial charge in [0.1, 0.15) is 0 Å². The van der Waals surface area contributed by atoms with Crippen molar-refractivity contribution in [2.45, 2.75) is 109 Å². The molecule has 0 aromatic carbocycles. The molecular weight excluding hydrogens is 386 g/mol. The Morgan fingerprint density at radius 2 is 0.652 bits per heavy atom. The lowest BCUT2D eigenvalue weighted by Gasteiger charge is -2.07. The van der Waals surface area contributed by atoms with Gasteiger partial charge in [-0.1, -0.05) is 96.3 Å². The Balaban J connectivity index is 3.00. The molecule has 0 saturated heterocycles. The second-order valence-electron chi connectivity index (χ2n) is 6.71. The lowest BCUT2D eigenvalue weighted by atomic mass is 10.0. The minimum absolute atomic E-state index is 0.824. The molecule has 0 atom stereocenters. The third-order valence-corrected chi connectivity index (χ3v) is 7.23. The van der Waals surface area contributed by atoms with Gasteiger partial charge in [0.15, 0.2) is 0 Å². The third kappa shape index (κ3) is 23.4. The Hall–Kier alpha value is 1.38. The van der Waals surface area contributed by atoms with Crippen molar-refractivity contribution in [1.82, 2.24) is 0 Å². The standard InChI is InChI=1S/C18H36Cl4Si/c19-17-15-13-11-9-7-5-3-1-2-4-6-8-10-12-14-16-18-23(20,21)22/h1-18H2. The van der Waals surface area contributed by atoms with Crippen LogP contribution in [0.25, 0.3) is 0 Å². The van der Waals surface area contributed by atoms with Crippen LogP contribution in [0.15, 0.2) is 0 Å². The zero-order valence-electron chi connectivity index (χ0n) is 14.7. The Kier molecular flexibility index (Phi) is 19.3. The smallest absolute Gasteiger partial charge is 0.127 e. The lowest BCUT2D eigenvalue weighted by Crippen LogP contribution is -2.07. The zero-order chi connectivity index (χ0) is 17.2. The van der Waals surface area contributed by atoms with E-state index in [1.165, 1.54) is 96.3 Å². The molecule has 0 N–H and O–H groups in total. The second-order valence-corrected chi connectivity index (χ2v) is 16.4. The van der Waals surface area contributed by atoms with E-state index in [9.17, 15) is 0 Å². The van der Waals surface area contributed by atoms with Gasteiger partial charge < -0.3 is 0 Å². The van der Waals surface area contributed by atoms with Gasteiger partial charge in [0.2, 0.25) is 0 Å². The van der Waals surface area contributed by atoms with E-state index in [2.05, 4.69) is 0 Å². The summed E-state index contributed by atoms with van der Waals surface area (Å²) < 4.78 is 0. The van der Waals surface area contributed by atoms with Crippen molar-refractivity contribution in [3.8, 4) is 0 Å². The third-order valence-electron chi connectivity index (χ3n) is 4.34. The van der Waals surface area contributed by atoms with Gasteiger partial charge in [0.05, 0.1) is 0 Å². The lowest BCUT2D eigenvalue weighted by molar-refractivity contribution is 0.531. The van der Waals surface area contributed by atoms with Crippen LogP contribution in [-0.2, 0) is 0 Å². The van der Waals surface area contributed by atoms with E-state index in [0.717, 1.165) is 18.3 Å². The van der Waals surface area contributed by atoms with Gasteiger partial charge in [-0.25, -0.2) is 0 Å². The van der Waals surface area contributed by atoms with Gasteiger partial charge in [-0.05, 0) is 12.5 Å². The van der Waals surface area contributed by atoms with E-state index < -0.39 is 6.00 Å².